The van der Waals surface area contributed by atoms with Crippen molar-refractivity contribution in [3.05, 3.63) is 18.1 Å². The number of aryl methyl sites for hydroxylation is 1. The smallest absolute Gasteiger partial charge is 0.147 e. The molecule has 0 aliphatic rings. The topological polar surface area (TPSA) is 37.8 Å². The van der Waals surface area contributed by atoms with Gasteiger partial charge in [-0.05, 0) is 24.7 Å². The predicted octanol–water partition coefficient (Wildman–Crippen LogP) is 3.13. The summed E-state index contributed by atoms with van der Waals surface area (Å²) in [6.45, 7) is 12.0. The zero-order valence-electron chi connectivity index (χ0n) is 11.0. The Morgan fingerprint density at radius 1 is 1.06 bits per heavy atom. The third-order valence-electron chi connectivity index (χ3n) is 3.10. The Hall–Kier alpha value is -1.12. The van der Waals surface area contributed by atoms with E-state index in [9.17, 15) is 0 Å². The number of hydrogen-bond donors (Lipinski definition) is 1. The van der Waals surface area contributed by atoms with E-state index < -0.39 is 0 Å². The molecule has 0 saturated heterocycles. The molecule has 16 heavy (non-hydrogen) atoms. The van der Waals surface area contributed by atoms with E-state index in [4.69, 9.17) is 0 Å². The number of anilines is 1. The SMILES string of the molecule is Cc1nccnc1NCC(C(C)C)C(C)C. The van der Waals surface area contributed by atoms with Crippen LogP contribution in [0.3, 0.4) is 0 Å². The maximum atomic E-state index is 4.30. The van der Waals surface area contributed by atoms with E-state index >= 15 is 0 Å². The monoisotopic (exact) mass is 221 g/mol. The van der Waals surface area contributed by atoms with Gasteiger partial charge in [-0.25, -0.2) is 4.98 Å². The van der Waals surface area contributed by atoms with Gasteiger partial charge in [-0.15, -0.1) is 0 Å². The molecule has 0 amide bonds. The fourth-order valence-corrected chi connectivity index (χ4v) is 2.04. The van der Waals surface area contributed by atoms with Crippen molar-refractivity contribution in [1.82, 2.24) is 9.97 Å². The minimum Gasteiger partial charge on any atom is -0.368 e. The maximum Gasteiger partial charge on any atom is 0.147 e. The zero-order valence-corrected chi connectivity index (χ0v) is 11.0. The highest BCUT2D eigenvalue weighted by atomic mass is 15.0. The van der Waals surface area contributed by atoms with Crippen molar-refractivity contribution in [2.75, 3.05) is 11.9 Å². The summed E-state index contributed by atoms with van der Waals surface area (Å²) in [5, 5.41) is 3.40. The summed E-state index contributed by atoms with van der Waals surface area (Å²) >= 11 is 0. The maximum absolute atomic E-state index is 4.30. The molecule has 0 fully saturated rings. The van der Waals surface area contributed by atoms with Crippen LogP contribution in [0.25, 0.3) is 0 Å². The van der Waals surface area contributed by atoms with Crippen molar-refractivity contribution < 1.29 is 0 Å². The molecule has 0 aliphatic carbocycles. The van der Waals surface area contributed by atoms with Crippen molar-refractivity contribution >= 4 is 5.82 Å². The molecule has 0 aromatic carbocycles. The van der Waals surface area contributed by atoms with Gasteiger partial charge in [-0.1, -0.05) is 27.7 Å². The van der Waals surface area contributed by atoms with Crippen LogP contribution in [0.4, 0.5) is 5.82 Å². The zero-order chi connectivity index (χ0) is 12.1. The summed E-state index contributed by atoms with van der Waals surface area (Å²) in [6.07, 6.45) is 3.46. The minimum atomic E-state index is 0.668. The molecule has 0 saturated carbocycles. The van der Waals surface area contributed by atoms with Crippen LogP contribution < -0.4 is 5.32 Å². The molecule has 0 bridgehead atoms. The summed E-state index contributed by atoms with van der Waals surface area (Å²) in [4.78, 5) is 8.52. The molecule has 3 nitrogen and oxygen atoms in total. The first kappa shape index (κ1) is 12.9. The molecule has 0 spiro atoms. The van der Waals surface area contributed by atoms with E-state index in [-0.39, 0.29) is 0 Å². The molecule has 0 aliphatic heterocycles. The fourth-order valence-electron chi connectivity index (χ4n) is 2.04. The lowest BCUT2D eigenvalue weighted by Crippen LogP contribution is -2.25. The van der Waals surface area contributed by atoms with Gasteiger partial charge in [0.05, 0.1) is 5.69 Å². The summed E-state index contributed by atoms with van der Waals surface area (Å²) in [6, 6.07) is 0. The van der Waals surface area contributed by atoms with E-state index in [0.29, 0.717) is 17.8 Å². The van der Waals surface area contributed by atoms with Gasteiger partial charge >= 0.3 is 0 Å². The van der Waals surface area contributed by atoms with Crippen LogP contribution in [-0.4, -0.2) is 16.5 Å². The summed E-state index contributed by atoms with van der Waals surface area (Å²) in [5.41, 5.74) is 0.966. The highest BCUT2D eigenvalue weighted by Gasteiger charge is 2.17. The van der Waals surface area contributed by atoms with Crippen molar-refractivity contribution in [1.29, 1.82) is 0 Å². The number of hydrogen-bond acceptors (Lipinski definition) is 3. The lowest BCUT2D eigenvalue weighted by atomic mass is 9.85. The first-order valence-electron chi connectivity index (χ1n) is 6.03. The summed E-state index contributed by atoms with van der Waals surface area (Å²) in [7, 11) is 0. The van der Waals surface area contributed by atoms with Crippen molar-refractivity contribution in [3.8, 4) is 0 Å². The van der Waals surface area contributed by atoms with Crippen molar-refractivity contribution in [3.63, 3.8) is 0 Å². The fraction of sp³-hybridized carbons (Fsp3) is 0.692. The first-order valence-corrected chi connectivity index (χ1v) is 6.03. The van der Waals surface area contributed by atoms with E-state index in [1.807, 2.05) is 6.92 Å². The Kier molecular flexibility index (Phi) is 4.71. The molecular weight excluding hydrogens is 198 g/mol. The van der Waals surface area contributed by atoms with Crippen LogP contribution in [-0.2, 0) is 0 Å². The van der Waals surface area contributed by atoms with Crippen LogP contribution in [0.1, 0.15) is 33.4 Å². The molecule has 1 aromatic heterocycles. The highest BCUT2D eigenvalue weighted by molar-refractivity contribution is 5.38. The summed E-state index contributed by atoms with van der Waals surface area (Å²) < 4.78 is 0. The molecule has 0 radical (unpaired) electrons. The third kappa shape index (κ3) is 3.47. The van der Waals surface area contributed by atoms with Crippen LogP contribution in [0.15, 0.2) is 12.4 Å². The standard InChI is InChI=1S/C13H23N3/c1-9(2)12(10(3)4)8-16-13-11(5)14-6-7-15-13/h6-7,9-10,12H,8H2,1-5H3,(H,15,16). The average Bonchev–Trinajstić information content (AvgIpc) is 2.20. The van der Waals surface area contributed by atoms with Crippen LogP contribution in [0.5, 0.6) is 0 Å². The number of nitrogens with zero attached hydrogens (tertiary/aromatic N) is 2. The normalized spacial score (nSPS) is 11.5. The van der Waals surface area contributed by atoms with Gasteiger partial charge < -0.3 is 5.32 Å². The number of nitrogens with one attached hydrogen (secondary N) is 1. The Morgan fingerprint density at radius 3 is 2.12 bits per heavy atom. The quantitative estimate of drug-likeness (QED) is 0.830. The third-order valence-corrected chi connectivity index (χ3v) is 3.10. The van der Waals surface area contributed by atoms with Crippen molar-refractivity contribution in [2.45, 2.75) is 34.6 Å². The largest absolute Gasteiger partial charge is 0.368 e. The van der Waals surface area contributed by atoms with E-state index in [0.717, 1.165) is 18.1 Å². The van der Waals surface area contributed by atoms with Crippen LogP contribution >= 0.6 is 0 Å². The van der Waals surface area contributed by atoms with Gasteiger partial charge in [0, 0.05) is 18.9 Å². The van der Waals surface area contributed by atoms with Gasteiger partial charge in [-0.3, -0.25) is 4.98 Å². The van der Waals surface area contributed by atoms with Crippen LogP contribution in [0, 0.1) is 24.7 Å². The van der Waals surface area contributed by atoms with Gasteiger partial charge in [0.25, 0.3) is 0 Å². The minimum absolute atomic E-state index is 0.668. The second-order valence-corrected chi connectivity index (χ2v) is 5.02. The Labute approximate surface area is 98.7 Å². The van der Waals surface area contributed by atoms with Gasteiger partial charge in [0.2, 0.25) is 0 Å². The Morgan fingerprint density at radius 2 is 1.62 bits per heavy atom. The van der Waals surface area contributed by atoms with E-state index in [1.54, 1.807) is 12.4 Å². The molecule has 0 atom stereocenters. The molecule has 0 unspecified atom stereocenters. The molecule has 1 heterocycles. The van der Waals surface area contributed by atoms with E-state index in [1.165, 1.54) is 0 Å². The Bertz CT molecular complexity index is 313. The second-order valence-electron chi connectivity index (χ2n) is 5.02. The number of aromatic nitrogens is 2. The molecule has 3 heteroatoms. The lowest BCUT2D eigenvalue weighted by Gasteiger charge is -2.25. The molecule has 1 rings (SSSR count). The molecular formula is C13H23N3. The van der Waals surface area contributed by atoms with Gasteiger partial charge in [0.1, 0.15) is 5.82 Å². The van der Waals surface area contributed by atoms with Crippen LogP contribution in [0.2, 0.25) is 0 Å². The summed E-state index contributed by atoms with van der Waals surface area (Å²) in [5.74, 6) is 2.95. The Balaban J connectivity index is 2.59. The average molecular weight is 221 g/mol. The molecule has 1 N–H and O–H groups in total. The van der Waals surface area contributed by atoms with Gasteiger partial charge in [0.15, 0.2) is 0 Å². The molecule has 1 aromatic rings. The number of rotatable bonds is 5. The van der Waals surface area contributed by atoms with Crippen molar-refractivity contribution in [2.24, 2.45) is 17.8 Å². The second kappa shape index (κ2) is 5.83. The predicted molar refractivity (Wildman–Crippen MR) is 68.4 cm³/mol. The van der Waals surface area contributed by atoms with Gasteiger partial charge in [-0.2, -0.15) is 0 Å². The highest BCUT2D eigenvalue weighted by Crippen LogP contribution is 2.21. The van der Waals surface area contributed by atoms with E-state index in [2.05, 4.69) is 43.0 Å². The lowest BCUT2D eigenvalue weighted by molar-refractivity contribution is 0.304. The first-order chi connectivity index (χ1) is 7.52. The molecule has 90 valence electrons.